The van der Waals surface area contributed by atoms with E-state index < -0.39 is 4.92 Å². The van der Waals surface area contributed by atoms with Crippen molar-refractivity contribution in [3.8, 4) is 0 Å². The number of fused-ring (bicyclic) bond motifs is 1. The first-order chi connectivity index (χ1) is 8.74. The Kier molecular flexibility index (Phi) is 2.59. The summed E-state index contributed by atoms with van der Waals surface area (Å²) in [5, 5.41) is 14.9. The predicted molar refractivity (Wildman–Crippen MR) is 69.5 cm³/mol. The number of non-ortho nitro benzene ring substituents is 1. The molecule has 0 unspecified atom stereocenters. The average Bonchev–Trinajstić information content (AvgIpc) is 2.72. The number of hydrogen-bond acceptors (Lipinski definition) is 4. The molecule has 0 spiro atoms. The van der Waals surface area contributed by atoms with Crippen molar-refractivity contribution in [3.63, 3.8) is 0 Å². The van der Waals surface area contributed by atoms with E-state index in [9.17, 15) is 10.1 Å². The molecule has 1 aromatic carbocycles. The van der Waals surface area contributed by atoms with Crippen LogP contribution >= 0.6 is 0 Å². The van der Waals surface area contributed by atoms with Crippen molar-refractivity contribution in [1.82, 2.24) is 0 Å². The summed E-state index contributed by atoms with van der Waals surface area (Å²) in [6, 6.07) is 6.29. The van der Waals surface area contributed by atoms with Crippen LogP contribution < -0.4 is 5.43 Å². The highest BCUT2D eigenvalue weighted by atomic mass is 16.6. The van der Waals surface area contributed by atoms with Gasteiger partial charge in [0.05, 0.1) is 10.6 Å². The zero-order chi connectivity index (χ0) is 12.5. The van der Waals surface area contributed by atoms with Gasteiger partial charge < -0.3 is 0 Å². The van der Waals surface area contributed by atoms with E-state index in [4.69, 9.17) is 0 Å². The van der Waals surface area contributed by atoms with Gasteiger partial charge >= 0.3 is 0 Å². The lowest BCUT2D eigenvalue weighted by Crippen LogP contribution is -2.33. The van der Waals surface area contributed by atoms with Gasteiger partial charge in [0.15, 0.2) is 0 Å². The molecule has 0 aliphatic heterocycles. The molecule has 0 bridgehead atoms. The van der Waals surface area contributed by atoms with Crippen molar-refractivity contribution in [1.29, 1.82) is 0 Å². The third-order valence-electron chi connectivity index (χ3n) is 3.57. The number of hydrogen-bond donors (Lipinski definition) is 1. The average molecular weight is 243 g/mol. The summed E-state index contributed by atoms with van der Waals surface area (Å²) >= 11 is 0. The molecule has 1 N–H and O–H groups in total. The Morgan fingerprint density at radius 2 is 2.11 bits per heavy atom. The standard InChI is InChI=1S/C13H13N3O2/c17-16(18)11-6-4-10(5-7-11)14-15-13-8-9-2-1-3-12(9)13/h1-2,4-7,9,12,14H,3,8H2/b15-13-/t9-,12+/m1/s1. The molecule has 5 heteroatoms. The number of rotatable bonds is 3. The van der Waals surface area contributed by atoms with Crippen LogP contribution in [0.1, 0.15) is 12.8 Å². The van der Waals surface area contributed by atoms with Crippen LogP contribution in [0.5, 0.6) is 0 Å². The number of hydrazone groups is 1. The van der Waals surface area contributed by atoms with Crippen molar-refractivity contribution in [2.75, 3.05) is 5.43 Å². The molecule has 2 aliphatic carbocycles. The van der Waals surface area contributed by atoms with Crippen LogP contribution in [0.15, 0.2) is 41.5 Å². The van der Waals surface area contributed by atoms with Crippen LogP contribution in [0.4, 0.5) is 11.4 Å². The normalized spacial score (nSPS) is 26.8. The number of allylic oxidation sites excluding steroid dienone is 2. The lowest BCUT2D eigenvalue weighted by atomic mass is 9.74. The predicted octanol–water partition coefficient (Wildman–Crippen LogP) is 2.96. The molecule has 2 atom stereocenters. The van der Waals surface area contributed by atoms with Crippen LogP contribution in [-0.2, 0) is 0 Å². The number of anilines is 1. The Morgan fingerprint density at radius 1 is 1.33 bits per heavy atom. The second kappa shape index (κ2) is 4.25. The van der Waals surface area contributed by atoms with Crippen LogP contribution in [0.2, 0.25) is 0 Å². The largest absolute Gasteiger partial charge is 0.279 e. The molecule has 1 saturated carbocycles. The SMILES string of the molecule is O=[N+]([O-])c1ccc(N/N=C2/C[C@H]3C=CC[C@H]23)cc1. The minimum atomic E-state index is -0.406. The number of nitro groups is 1. The minimum absolute atomic E-state index is 0.0944. The van der Waals surface area contributed by atoms with Crippen LogP contribution in [0, 0.1) is 22.0 Å². The van der Waals surface area contributed by atoms with Gasteiger partial charge in [0, 0.05) is 23.8 Å². The summed E-state index contributed by atoms with van der Waals surface area (Å²) in [6.45, 7) is 0. The third kappa shape index (κ3) is 1.88. The fourth-order valence-electron chi connectivity index (χ4n) is 2.46. The first-order valence-corrected chi connectivity index (χ1v) is 5.97. The second-order valence-electron chi connectivity index (χ2n) is 4.66. The Labute approximate surface area is 104 Å². The summed E-state index contributed by atoms with van der Waals surface area (Å²) in [5.41, 5.74) is 5.03. The first-order valence-electron chi connectivity index (χ1n) is 5.97. The van der Waals surface area contributed by atoms with Crippen molar-refractivity contribution in [2.24, 2.45) is 16.9 Å². The smallest absolute Gasteiger partial charge is 0.269 e. The maximum absolute atomic E-state index is 10.5. The number of nitrogens with zero attached hydrogens (tertiary/aromatic N) is 2. The highest BCUT2D eigenvalue weighted by Crippen LogP contribution is 2.40. The highest BCUT2D eigenvalue weighted by Gasteiger charge is 2.37. The summed E-state index contributed by atoms with van der Waals surface area (Å²) in [5.74, 6) is 1.26. The fourth-order valence-corrected chi connectivity index (χ4v) is 2.46. The number of benzene rings is 1. The zero-order valence-corrected chi connectivity index (χ0v) is 9.74. The molecule has 18 heavy (non-hydrogen) atoms. The Hall–Kier alpha value is -2.17. The Balaban J connectivity index is 1.63. The number of nitrogens with one attached hydrogen (secondary N) is 1. The molecule has 0 aromatic heterocycles. The fraction of sp³-hybridized carbons (Fsp3) is 0.308. The minimum Gasteiger partial charge on any atom is -0.279 e. The maximum Gasteiger partial charge on any atom is 0.269 e. The molecule has 3 rings (SSSR count). The third-order valence-corrected chi connectivity index (χ3v) is 3.57. The lowest BCUT2D eigenvalue weighted by molar-refractivity contribution is -0.384. The molecule has 0 amide bonds. The molecule has 92 valence electrons. The Morgan fingerprint density at radius 3 is 2.78 bits per heavy atom. The van der Waals surface area contributed by atoms with Crippen molar-refractivity contribution in [2.45, 2.75) is 12.8 Å². The van der Waals surface area contributed by atoms with Gasteiger partial charge in [0.25, 0.3) is 5.69 Å². The van der Waals surface area contributed by atoms with Gasteiger partial charge in [0.1, 0.15) is 0 Å². The van der Waals surface area contributed by atoms with Crippen molar-refractivity contribution >= 4 is 17.1 Å². The summed E-state index contributed by atoms with van der Waals surface area (Å²) < 4.78 is 0. The van der Waals surface area contributed by atoms with Gasteiger partial charge in [-0.1, -0.05) is 12.2 Å². The summed E-state index contributed by atoms with van der Waals surface area (Å²) in [7, 11) is 0. The molecule has 0 heterocycles. The van der Waals surface area contributed by atoms with Gasteiger partial charge in [-0.05, 0) is 30.9 Å². The van der Waals surface area contributed by atoms with Crippen LogP contribution in [0.3, 0.4) is 0 Å². The van der Waals surface area contributed by atoms with Gasteiger partial charge in [-0.25, -0.2) is 0 Å². The molecule has 1 fully saturated rings. The molecular weight excluding hydrogens is 230 g/mol. The van der Waals surface area contributed by atoms with E-state index in [0.717, 1.165) is 18.5 Å². The van der Waals surface area contributed by atoms with Crippen molar-refractivity contribution in [3.05, 3.63) is 46.5 Å². The maximum atomic E-state index is 10.5. The van der Waals surface area contributed by atoms with E-state index >= 15 is 0 Å². The van der Waals surface area contributed by atoms with Gasteiger partial charge in [-0.2, -0.15) is 5.10 Å². The van der Waals surface area contributed by atoms with Crippen LogP contribution in [-0.4, -0.2) is 10.6 Å². The molecule has 5 nitrogen and oxygen atoms in total. The van der Waals surface area contributed by atoms with Gasteiger partial charge in [0.2, 0.25) is 0 Å². The van der Waals surface area contributed by atoms with E-state index in [1.54, 1.807) is 12.1 Å². The van der Waals surface area contributed by atoms with Gasteiger partial charge in [-0.15, -0.1) is 0 Å². The highest BCUT2D eigenvalue weighted by molar-refractivity contribution is 5.94. The van der Waals surface area contributed by atoms with E-state index in [2.05, 4.69) is 22.7 Å². The lowest BCUT2D eigenvalue weighted by Gasteiger charge is -2.31. The molecule has 0 saturated heterocycles. The molecule has 2 aliphatic rings. The monoisotopic (exact) mass is 243 g/mol. The first kappa shape index (κ1) is 11.0. The van der Waals surface area contributed by atoms with Crippen molar-refractivity contribution < 1.29 is 4.92 Å². The summed E-state index contributed by atoms with van der Waals surface area (Å²) in [4.78, 5) is 10.1. The topological polar surface area (TPSA) is 67.5 Å². The summed E-state index contributed by atoms with van der Waals surface area (Å²) in [6.07, 6.45) is 6.59. The molecule has 0 radical (unpaired) electrons. The van der Waals surface area contributed by atoms with E-state index in [1.807, 2.05) is 0 Å². The Bertz CT molecular complexity index is 534. The van der Waals surface area contributed by atoms with E-state index in [0.29, 0.717) is 11.8 Å². The van der Waals surface area contributed by atoms with E-state index in [-0.39, 0.29) is 5.69 Å². The van der Waals surface area contributed by atoms with Gasteiger partial charge in [-0.3, -0.25) is 15.5 Å². The van der Waals surface area contributed by atoms with Crippen LogP contribution in [0.25, 0.3) is 0 Å². The molecular formula is C13H13N3O2. The van der Waals surface area contributed by atoms with E-state index in [1.165, 1.54) is 17.8 Å². The zero-order valence-electron chi connectivity index (χ0n) is 9.74. The number of nitro benzene ring substituents is 1. The quantitative estimate of drug-likeness (QED) is 0.504. The second-order valence-corrected chi connectivity index (χ2v) is 4.66. The molecule has 1 aromatic rings.